The van der Waals surface area contributed by atoms with Gasteiger partial charge >= 0.3 is 6.03 Å². The predicted molar refractivity (Wildman–Crippen MR) is 82.7 cm³/mol. The molecule has 3 amide bonds. The largest absolute Gasteiger partial charge is 0.352 e. The number of carbonyl (C=O) groups is 2. The van der Waals surface area contributed by atoms with Crippen LogP contribution >= 0.6 is 23.2 Å². The molecule has 0 radical (unpaired) electrons. The maximum absolute atomic E-state index is 12.7. The third-order valence-corrected chi connectivity index (χ3v) is 4.12. The predicted octanol–water partition coefficient (Wildman–Crippen LogP) is 2.66. The van der Waals surface area contributed by atoms with Gasteiger partial charge in [-0.15, -0.1) is 0 Å². The molecule has 21 heavy (non-hydrogen) atoms. The Morgan fingerprint density at radius 2 is 2.10 bits per heavy atom. The molecule has 0 aromatic heterocycles. The standard InChI is InChI=1S/C14H17Cl2N3O2/c15-9-4-5-12(16)11(7-9)13(20)19-6-2-1-3-10(19)8-18-14(17)21/h4-5,7,10H,1-3,6,8H2,(H3,17,18,21). The van der Waals surface area contributed by atoms with E-state index in [4.69, 9.17) is 28.9 Å². The molecule has 1 aliphatic rings. The van der Waals surface area contributed by atoms with Crippen molar-refractivity contribution >= 4 is 35.1 Å². The molecule has 0 bridgehead atoms. The Kier molecular flexibility index (Phi) is 5.31. The molecule has 1 atom stereocenters. The average molecular weight is 330 g/mol. The lowest BCUT2D eigenvalue weighted by molar-refractivity contribution is 0.0615. The van der Waals surface area contributed by atoms with Crippen molar-refractivity contribution in [3.05, 3.63) is 33.8 Å². The van der Waals surface area contributed by atoms with E-state index < -0.39 is 6.03 Å². The smallest absolute Gasteiger partial charge is 0.312 e. The summed E-state index contributed by atoms with van der Waals surface area (Å²) in [6, 6.07) is 4.16. The van der Waals surface area contributed by atoms with Crippen molar-refractivity contribution in [2.75, 3.05) is 13.1 Å². The summed E-state index contributed by atoms with van der Waals surface area (Å²) in [5, 5.41) is 3.40. The number of hydrogen-bond donors (Lipinski definition) is 2. The fraction of sp³-hybridized carbons (Fsp3) is 0.429. The topological polar surface area (TPSA) is 75.4 Å². The third kappa shape index (κ3) is 4.02. The minimum atomic E-state index is -0.589. The number of nitrogens with two attached hydrogens (primary N) is 1. The number of likely N-dealkylation sites (tertiary alicyclic amines) is 1. The molecular formula is C14H17Cl2N3O2. The van der Waals surface area contributed by atoms with Gasteiger partial charge in [-0.1, -0.05) is 23.2 Å². The van der Waals surface area contributed by atoms with Gasteiger partial charge in [-0.2, -0.15) is 0 Å². The second-order valence-corrected chi connectivity index (χ2v) is 5.86. The highest BCUT2D eigenvalue weighted by atomic mass is 35.5. The lowest BCUT2D eigenvalue weighted by atomic mass is 10.0. The van der Waals surface area contributed by atoms with E-state index in [0.29, 0.717) is 28.7 Å². The summed E-state index contributed by atoms with van der Waals surface area (Å²) in [6.45, 7) is 0.978. The van der Waals surface area contributed by atoms with Gasteiger partial charge in [0.05, 0.1) is 10.6 Å². The van der Waals surface area contributed by atoms with E-state index in [-0.39, 0.29) is 11.9 Å². The van der Waals surface area contributed by atoms with E-state index in [2.05, 4.69) is 5.32 Å². The fourth-order valence-corrected chi connectivity index (χ4v) is 2.89. The van der Waals surface area contributed by atoms with E-state index >= 15 is 0 Å². The number of halogens is 2. The number of nitrogens with one attached hydrogen (secondary N) is 1. The normalized spacial score (nSPS) is 18.4. The Labute approximate surface area is 133 Å². The highest BCUT2D eigenvalue weighted by molar-refractivity contribution is 6.35. The van der Waals surface area contributed by atoms with Crippen LogP contribution in [0.4, 0.5) is 4.79 Å². The maximum atomic E-state index is 12.7. The van der Waals surface area contributed by atoms with E-state index in [1.807, 2.05) is 0 Å². The van der Waals surface area contributed by atoms with Crippen molar-refractivity contribution in [2.45, 2.75) is 25.3 Å². The first-order chi connectivity index (χ1) is 9.99. The van der Waals surface area contributed by atoms with Crippen LogP contribution in [-0.4, -0.2) is 36.0 Å². The highest BCUT2D eigenvalue weighted by Crippen LogP contribution is 2.25. The molecule has 7 heteroatoms. The van der Waals surface area contributed by atoms with Crippen LogP contribution in [0.3, 0.4) is 0 Å². The van der Waals surface area contributed by atoms with Crippen molar-refractivity contribution in [1.82, 2.24) is 10.2 Å². The van der Waals surface area contributed by atoms with E-state index in [0.717, 1.165) is 19.3 Å². The SMILES string of the molecule is NC(=O)NCC1CCCCN1C(=O)c1cc(Cl)ccc1Cl. The summed E-state index contributed by atoms with van der Waals surface area (Å²) in [5.41, 5.74) is 5.48. The Bertz CT molecular complexity index is 551. The van der Waals surface area contributed by atoms with Gasteiger partial charge in [-0.3, -0.25) is 4.79 Å². The third-order valence-electron chi connectivity index (χ3n) is 3.56. The minimum Gasteiger partial charge on any atom is -0.352 e. The number of rotatable bonds is 3. The van der Waals surface area contributed by atoms with Crippen LogP contribution in [0.25, 0.3) is 0 Å². The van der Waals surface area contributed by atoms with E-state index in [1.165, 1.54) is 0 Å². The number of amides is 3. The fourth-order valence-electron chi connectivity index (χ4n) is 2.51. The average Bonchev–Trinajstić information content (AvgIpc) is 2.47. The molecule has 0 spiro atoms. The van der Waals surface area contributed by atoms with Crippen molar-refractivity contribution in [2.24, 2.45) is 5.73 Å². The van der Waals surface area contributed by atoms with Crippen LogP contribution in [0.5, 0.6) is 0 Å². The van der Waals surface area contributed by atoms with Crippen molar-refractivity contribution in [3.63, 3.8) is 0 Å². The minimum absolute atomic E-state index is 0.0752. The molecule has 1 aliphatic heterocycles. The summed E-state index contributed by atoms with van der Waals surface area (Å²) in [7, 11) is 0. The van der Waals surface area contributed by atoms with Gasteiger partial charge in [0, 0.05) is 24.2 Å². The molecular weight excluding hydrogens is 313 g/mol. The lowest BCUT2D eigenvalue weighted by Gasteiger charge is -2.36. The van der Waals surface area contributed by atoms with Gasteiger partial charge in [0.2, 0.25) is 0 Å². The van der Waals surface area contributed by atoms with Crippen molar-refractivity contribution in [1.29, 1.82) is 0 Å². The van der Waals surface area contributed by atoms with Gasteiger partial charge in [-0.25, -0.2) is 4.79 Å². The van der Waals surface area contributed by atoms with Crippen molar-refractivity contribution in [3.8, 4) is 0 Å². The Morgan fingerprint density at radius 1 is 1.33 bits per heavy atom. The summed E-state index contributed by atoms with van der Waals surface area (Å²) >= 11 is 12.0. The lowest BCUT2D eigenvalue weighted by Crippen LogP contribution is -2.50. The quantitative estimate of drug-likeness (QED) is 0.894. The molecule has 0 saturated carbocycles. The number of carbonyl (C=O) groups excluding carboxylic acids is 2. The zero-order valence-corrected chi connectivity index (χ0v) is 13.0. The second kappa shape index (κ2) is 7.00. The zero-order chi connectivity index (χ0) is 15.4. The van der Waals surface area contributed by atoms with Crippen LogP contribution < -0.4 is 11.1 Å². The van der Waals surface area contributed by atoms with Gasteiger partial charge in [0.1, 0.15) is 0 Å². The second-order valence-electron chi connectivity index (χ2n) is 5.02. The molecule has 1 unspecified atom stereocenters. The monoisotopic (exact) mass is 329 g/mol. The molecule has 3 N–H and O–H groups in total. The number of primary amides is 1. The van der Waals surface area contributed by atoms with Crippen LogP contribution in [0, 0.1) is 0 Å². The van der Waals surface area contributed by atoms with Gasteiger partial charge in [-0.05, 0) is 37.5 Å². The first-order valence-electron chi connectivity index (χ1n) is 6.78. The summed E-state index contributed by atoms with van der Waals surface area (Å²) in [6.07, 6.45) is 2.76. The number of piperidine rings is 1. The maximum Gasteiger partial charge on any atom is 0.312 e. The van der Waals surface area contributed by atoms with Gasteiger partial charge in [0.15, 0.2) is 0 Å². The first-order valence-corrected chi connectivity index (χ1v) is 7.54. The molecule has 1 aromatic rings. The van der Waals surface area contributed by atoms with Crippen LogP contribution in [-0.2, 0) is 0 Å². The summed E-state index contributed by atoms with van der Waals surface area (Å²) in [5.74, 6) is -0.168. The van der Waals surface area contributed by atoms with Crippen LogP contribution in [0.15, 0.2) is 18.2 Å². The highest BCUT2D eigenvalue weighted by Gasteiger charge is 2.28. The molecule has 2 rings (SSSR count). The van der Waals surface area contributed by atoms with Crippen LogP contribution in [0.2, 0.25) is 10.0 Å². The van der Waals surface area contributed by atoms with Crippen molar-refractivity contribution < 1.29 is 9.59 Å². The molecule has 1 saturated heterocycles. The van der Waals surface area contributed by atoms with Crippen LogP contribution in [0.1, 0.15) is 29.6 Å². The van der Waals surface area contributed by atoms with E-state index in [9.17, 15) is 9.59 Å². The number of hydrogen-bond acceptors (Lipinski definition) is 2. The number of nitrogens with zero attached hydrogens (tertiary/aromatic N) is 1. The molecule has 5 nitrogen and oxygen atoms in total. The molecule has 1 aromatic carbocycles. The summed E-state index contributed by atoms with van der Waals surface area (Å²) < 4.78 is 0. The molecule has 1 fully saturated rings. The number of benzene rings is 1. The van der Waals surface area contributed by atoms with E-state index in [1.54, 1.807) is 23.1 Å². The summed E-state index contributed by atoms with van der Waals surface area (Å²) in [4.78, 5) is 25.3. The molecule has 114 valence electrons. The Balaban J connectivity index is 2.18. The zero-order valence-electron chi connectivity index (χ0n) is 11.4. The molecule has 1 heterocycles. The van der Waals surface area contributed by atoms with Gasteiger partial charge in [0.25, 0.3) is 5.91 Å². The Hall–Kier alpha value is -1.46. The molecule has 0 aliphatic carbocycles. The Morgan fingerprint density at radius 3 is 2.81 bits per heavy atom. The number of urea groups is 1. The van der Waals surface area contributed by atoms with Gasteiger partial charge < -0.3 is 16.0 Å². The first kappa shape index (κ1) is 15.9.